The molecule has 0 bridgehead atoms. The Morgan fingerprint density at radius 1 is 1.26 bits per heavy atom. The van der Waals surface area contributed by atoms with Crippen molar-refractivity contribution in [2.45, 2.75) is 26.2 Å². The molecule has 0 aliphatic carbocycles. The van der Waals surface area contributed by atoms with Crippen LogP contribution in [0.4, 0.5) is 0 Å². The summed E-state index contributed by atoms with van der Waals surface area (Å²) in [4.78, 5) is 26.5. The highest BCUT2D eigenvalue weighted by atomic mass is 16.5. The fourth-order valence-corrected chi connectivity index (χ4v) is 2.40. The van der Waals surface area contributed by atoms with E-state index in [1.807, 2.05) is 13.0 Å². The third-order valence-electron chi connectivity index (χ3n) is 3.22. The summed E-state index contributed by atoms with van der Waals surface area (Å²) in [6, 6.07) is 5.27. The van der Waals surface area contributed by atoms with Crippen LogP contribution in [0.5, 0.6) is 5.75 Å². The lowest BCUT2D eigenvalue weighted by Crippen LogP contribution is -2.28. The first-order valence-corrected chi connectivity index (χ1v) is 6.05. The van der Waals surface area contributed by atoms with Crippen LogP contribution >= 0.6 is 0 Å². The number of aromatic nitrogens is 1. The van der Waals surface area contributed by atoms with E-state index in [-0.39, 0.29) is 23.9 Å². The highest BCUT2D eigenvalue weighted by molar-refractivity contribution is 5.77. The number of furan rings is 1. The van der Waals surface area contributed by atoms with Crippen molar-refractivity contribution in [1.82, 2.24) is 4.98 Å². The summed E-state index contributed by atoms with van der Waals surface area (Å²) in [6.07, 6.45) is 0.117. The first-order valence-electron chi connectivity index (χ1n) is 6.05. The van der Waals surface area contributed by atoms with Crippen LogP contribution in [0.25, 0.3) is 0 Å². The van der Waals surface area contributed by atoms with E-state index in [0.717, 1.165) is 5.76 Å². The second-order valence-corrected chi connectivity index (χ2v) is 4.74. The molecule has 2 aromatic heterocycles. The number of carbonyl (C=O) groups is 1. The average Bonchev–Trinajstić information content (AvgIpc) is 2.73. The summed E-state index contributed by atoms with van der Waals surface area (Å²) < 4.78 is 10.7. The smallest absolute Gasteiger partial charge is 0.312 e. The molecule has 0 unspecified atom stereocenters. The van der Waals surface area contributed by atoms with Crippen LogP contribution in [0.1, 0.15) is 35.1 Å². The van der Waals surface area contributed by atoms with Crippen molar-refractivity contribution < 1.29 is 13.9 Å². The van der Waals surface area contributed by atoms with Gasteiger partial charge in [-0.15, -0.1) is 0 Å². The van der Waals surface area contributed by atoms with Crippen LogP contribution in [-0.4, -0.2) is 11.0 Å². The first-order chi connectivity index (χ1) is 9.04. The topological polar surface area (TPSA) is 72.3 Å². The number of nitrogens with one attached hydrogen (secondary N) is 1. The van der Waals surface area contributed by atoms with Crippen LogP contribution in [0.2, 0.25) is 0 Å². The number of ether oxygens (including phenoxy) is 1. The van der Waals surface area contributed by atoms with Crippen molar-refractivity contribution >= 4 is 5.97 Å². The monoisotopic (exact) mass is 259 g/mol. The van der Waals surface area contributed by atoms with Gasteiger partial charge in [0, 0.05) is 11.8 Å². The summed E-state index contributed by atoms with van der Waals surface area (Å²) in [5.74, 6) is 0.964. The molecule has 0 saturated heterocycles. The maximum atomic E-state index is 12.1. The van der Waals surface area contributed by atoms with Crippen molar-refractivity contribution in [1.29, 1.82) is 0 Å². The van der Waals surface area contributed by atoms with Gasteiger partial charge in [0.05, 0.1) is 17.9 Å². The molecule has 98 valence electrons. The van der Waals surface area contributed by atoms with Gasteiger partial charge in [0.15, 0.2) is 0 Å². The lowest BCUT2D eigenvalue weighted by Gasteiger charge is -2.22. The number of aryl methyl sites for hydroxylation is 2. The first kappa shape index (κ1) is 11.8. The molecule has 3 rings (SSSR count). The van der Waals surface area contributed by atoms with Crippen molar-refractivity contribution in [3.63, 3.8) is 0 Å². The molecule has 0 spiro atoms. The molecule has 0 radical (unpaired) electrons. The van der Waals surface area contributed by atoms with Crippen molar-refractivity contribution in [3.8, 4) is 5.75 Å². The van der Waals surface area contributed by atoms with Gasteiger partial charge in [0.2, 0.25) is 0 Å². The van der Waals surface area contributed by atoms with E-state index >= 15 is 0 Å². The lowest BCUT2D eigenvalue weighted by atomic mass is 9.91. The minimum Gasteiger partial charge on any atom is -0.466 e. The molecule has 0 fully saturated rings. The standard InChI is InChI=1S/C14H13NO4/c1-7-5-11-13(14(17)15-7)9(6-12(16)19-11)10-4-3-8(2)18-10/h3-5,9H,6H2,1-2H3,(H,15,17)/t9-/m0/s1. The number of aromatic amines is 1. The number of rotatable bonds is 1. The molecule has 1 N–H and O–H groups in total. The highest BCUT2D eigenvalue weighted by Gasteiger charge is 2.33. The van der Waals surface area contributed by atoms with Gasteiger partial charge in [-0.25, -0.2) is 0 Å². The molecule has 2 aromatic rings. The number of hydrogen-bond acceptors (Lipinski definition) is 4. The number of H-pyrrole nitrogens is 1. The molecular formula is C14H13NO4. The predicted octanol–water partition coefficient (Wildman–Crippen LogP) is 2.03. The van der Waals surface area contributed by atoms with Crippen LogP contribution in [0.15, 0.2) is 27.4 Å². The second-order valence-electron chi connectivity index (χ2n) is 4.74. The lowest BCUT2D eigenvalue weighted by molar-refractivity contribution is -0.135. The van der Waals surface area contributed by atoms with Crippen LogP contribution in [0, 0.1) is 13.8 Å². The Kier molecular flexibility index (Phi) is 2.55. The Morgan fingerprint density at radius 2 is 2.05 bits per heavy atom. The number of esters is 1. The van der Waals surface area contributed by atoms with E-state index in [2.05, 4.69) is 4.98 Å². The zero-order valence-electron chi connectivity index (χ0n) is 10.6. The summed E-state index contributed by atoms with van der Waals surface area (Å²) in [5, 5.41) is 0. The highest BCUT2D eigenvalue weighted by Crippen LogP contribution is 2.37. The van der Waals surface area contributed by atoms with E-state index < -0.39 is 0 Å². The summed E-state index contributed by atoms with van der Waals surface area (Å²) >= 11 is 0. The van der Waals surface area contributed by atoms with E-state index in [4.69, 9.17) is 9.15 Å². The van der Waals surface area contributed by atoms with E-state index in [0.29, 0.717) is 22.8 Å². The van der Waals surface area contributed by atoms with E-state index in [1.54, 1.807) is 19.1 Å². The van der Waals surface area contributed by atoms with Gasteiger partial charge in [0.25, 0.3) is 5.56 Å². The van der Waals surface area contributed by atoms with Gasteiger partial charge in [-0.1, -0.05) is 0 Å². The molecule has 5 nitrogen and oxygen atoms in total. The largest absolute Gasteiger partial charge is 0.466 e. The minimum atomic E-state index is -0.380. The summed E-state index contributed by atoms with van der Waals surface area (Å²) in [5.41, 5.74) is 0.883. The average molecular weight is 259 g/mol. The number of fused-ring (bicyclic) bond motifs is 1. The zero-order chi connectivity index (χ0) is 13.6. The van der Waals surface area contributed by atoms with Crippen LogP contribution in [0.3, 0.4) is 0 Å². The van der Waals surface area contributed by atoms with Gasteiger partial charge in [-0.3, -0.25) is 9.59 Å². The molecule has 0 amide bonds. The maximum Gasteiger partial charge on any atom is 0.312 e. The normalized spacial score (nSPS) is 18.0. The van der Waals surface area contributed by atoms with Gasteiger partial charge < -0.3 is 14.1 Å². The number of pyridine rings is 1. The summed E-state index contributed by atoms with van der Waals surface area (Å²) in [6.45, 7) is 3.57. The molecule has 0 saturated carbocycles. The molecule has 19 heavy (non-hydrogen) atoms. The second kappa shape index (κ2) is 4.12. The van der Waals surface area contributed by atoms with E-state index in [9.17, 15) is 9.59 Å². The molecule has 5 heteroatoms. The SMILES string of the molecule is Cc1cc2c(c(=O)[nH]1)[C@H](c1ccc(C)o1)CC(=O)O2. The van der Waals surface area contributed by atoms with Gasteiger partial charge in [0.1, 0.15) is 17.3 Å². The number of hydrogen-bond donors (Lipinski definition) is 1. The van der Waals surface area contributed by atoms with Crippen molar-refractivity contribution in [2.24, 2.45) is 0 Å². The van der Waals surface area contributed by atoms with Crippen LogP contribution in [-0.2, 0) is 4.79 Å². The zero-order valence-corrected chi connectivity index (χ0v) is 10.6. The third kappa shape index (κ3) is 1.97. The van der Waals surface area contributed by atoms with Crippen LogP contribution < -0.4 is 10.3 Å². The summed E-state index contributed by atoms with van der Waals surface area (Å²) in [7, 11) is 0. The fourth-order valence-electron chi connectivity index (χ4n) is 2.40. The molecular weight excluding hydrogens is 246 g/mol. The van der Waals surface area contributed by atoms with Gasteiger partial charge >= 0.3 is 5.97 Å². The van der Waals surface area contributed by atoms with Crippen molar-refractivity contribution in [3.05, 3.63) is 51.3 Å². The molecule has 0 aromatic carbocycles. The molecule has 3 heterocycles. The Labute approximate surface area is 109 Å². The Morgan fingerprint density at radius 3 is 2.74 bits per heavy atom. The van der Waals surface area contributed by atoms with Gasteiger partial charge in [-0.2, -0.15) is 0 Å². The van der Waals surface area contributed by atoms with E-state index in [1.165, 1.54) is 0 Å². The Balaban J connectivity index is 2.19. The minimum absolute atomic E-state index is 0.117. The predicted molar refractivity (Wildman–Crippen MR) is 67.3 cm³/mol. The number of carbonyl (C=O) groups excluding carboxylic acids is 1. The Hall–Kier alpha value is -2.30. The Bertz CT molecular complexity index is 710. The van der Waals surface area contributed by atoms with Crippen molar-refractivity contribution in [2.75, 3.05) is 0 Å². The maximum absolute atomic E-state index is 12.1. The van der Waals surface area contributed by atoms with Gasteiger partial charge in [-0.05, 0) is 26.0 Å². The fraction of sp³-hybridized carbons (Fsp3) is 0.286. The third-order valence-corrected chi connectivity index (χ3v) is 3.22. The quantitative estimate of drug-likeness (QED) is 0.795. The molecule has 1 atom stereocenters. The molecule has 1 aliphatic heterocycles. The molecule has 1 aliphatic rings.